The summed E-state index contributed by atoms with van der Waals surface area (Å²) in [5.74, 6) is 2.53. The summed E-state index contributed by atoms with van der Waals surface area (Å²) in [6, 6.07) is 0. The summed E-state index contributed by atoms with van der Waals surface area (Å²) < 4.78 is 6.35. The van der Waals surface area contributed by atoms with Gasteiger partial charge < -0.3 is 9.64 Å². The van der Waals surface area contributed by atoms with Crippen LogP contribution in [0, 0.1) is 17.8 Å². The fourth-order valence-electron chi connectivity index (χ4n) is 5.95. The average molecular weight is 494 g/mol. The molecular formula is C33H67NO. The molecule has 0 aliphatic carbocycles. The van der Waals surface area contributed by atoms with Crippen molar-refractivity contribution in [1.82, 2.24) is 4.90 Å². The predicted octanol–water partition coefficient (Wildman–Crippen LogP) is 10.4. The van der Waals surface area contributed by atoms with Crippen LogP contribution in [0.3, 0.4) is 0 Å². The highest BCUT2D eigenvalue weighted by molar-refractivity contribution is 4.81. The quantitative estimate of drug-likeness (QED) is 0.105. The van der Waals surface area contributed by atoms with Gasteiger partial charge in [-0.05, 0) is 37.5 Å². The number of unbranched alkanes of at least 4 members (excludes halogenated alkanes) is 13. The molecule has 0 radical (unpaired) electrons. The van der Waals surface area contributed by atoms with Crippen molar-refractivity contribution in [3.63, 3.8) is 0 Å². The summed E-state index contributed by atoms with van der Waals surface area (Å²) in [5.41, 5.74) is 0. The lowest BCUT2D eigenvalue weighted by molar-refractivity contribution is -0.00628. The third kappa shape index (κ3) is 18.8. The molecule has 1 unspecified atom stereocenters. The van der Waals surface area contributed by atoms with E-state index in [1.165, 1.54) is 154 Å². The van der Waals surface area contributed by atoms with Crippen molar-refractivity contribution >= 4 is 0 Å². The van der Waals surface area contributed by atoms with Crippen molar-refractivity contribution in [3.05, 3.63) is 0 Å². The van der Waals surface area contributed by atoms with Gasteiger partial charge in [0.2, 0.25) is 0 Å². The van der Waals surface area contributed by atoms with E-state index in [9.17, 15) is 0 Å². The molecule has 0 aromatic carbocycles. The molecule has 1 atom stereocenters. The molecule has 2 heteroatoms. The minimum absolute atomic E-state index is 0.793. The van der Waals surface area contributed by atoms with Gasteiger partial charge in [-0.2, -0.15) is 0 Å². The summed E-state index contributed by atoms with van der Waals surface area (Å²) in [7, 11) is 0. The SMILES string of the molecule is CCCCCCCC(CCCCCC)COCC1CN(CC(CCCCCC)CCCCCC)C1. The van der Waals surface area contributed by atoms with Gasteiger partial charge in [-0.25, -0.2) is 0 Å². The Morgan fingerprint density at radius 1 is 0.543 bits per heavy atom. The lowest BCUT2D eigenvalue weighted by Crippen LogP contribution is -2.50. The molecule has 1 rings (SSSR count). The number of nitrogens with zero attached hydrogens (tertiary/aromatic N) is 1. The van der Waals surface area contributed by atoms with Crippen molar-refractivity contribution in [2.75, 3.05) is 32.8 Å². The van der Waals surface area contributed by atoms with Gasteiger partial charge in [0.1, 0.15) is 0 Å². The van der Waals surface area contributed by atoms with Crippen LogP contribution in [0.1, 0.15) is 163 Å². The molecule has 1 fully saturated rings. The Morgan fingerprint density at radius 3 is 1.40 bits per heavy atom. The van der Waals surface area contributed by atoms with Crippen LogP contribution in [0.15, 0.2) is 0 Å². The first-order chi connectivity index (χ1) is 17.2. The maximum Gasteiger partial charge on any atom is 0.0518 e. The second kappa shape index (κ2) is 24.3. The van der Waals surface area contributed by atoms with Crippen LogP contribution in [0.2, 0.25) is 0 Å². The van der Waals surface area contributed by atoms with Crippen LogP contribution < -0.4 is 0 Å². The van der Waals surface area contributed by atoms with E-state index in [1.807, 2.05) is 0 Å². The molecule has 0 aromatic heterocycles. The Morgan fingerprint density at radius 2 is 0.943 bits per heavy atom. The summed E-state index contributed by atoms with van der Waals surface area (Å²) in [4.78, 5) is 2.74. The Bertz CT molecular complexity index is 407. The number of hydrogen-bond acceptors (Lipinski definition) is 2. The lowest BCUT2D eigenvalue weighted by Gasteiger charge is -2.41. The Hall–Kier alpha value is -0.0800. The summed E-state index contributed by atoms with van der Waals surface area (Å²) in [6.07, 6.45) is 29.6. The third-order valence-corrected chi connectivity index (χ3v) is 8.37. The van der Waals surface area contributed by atoms with E-state index in [4.69, 9.17) is 4.74 Å². The molecule has 0 spiro atoms. The van der Waals surface area contributed by atoms with Crippen LogP contribution >= 0.6 is 0 Å². The van der Waals surface area contributed by atoms with Crippen LogP contribution in [-0.4, -0.2) is 37.7 Å². The number of rotatable bonds is 27. The van der Waals surface area contributed by atoms with E-state index < -0.39 is 0 Å². The second-order valence-corrected chi connectivity index (χ2v) is 12.1. The van der Waals surface area contributed by atoms with E-state index in [0.29, 0.717) is 0 Å². The zero-order chi connectivity index (χ0) is 25.4. The zero-order valence-electron chi connectivity index (χ0n) is 25.0. The van der Waals surface area contributed by atoms with Gasteiger partial charge in [-0.3, -0.25) is 0 Å². The van der Waals surface area contributed by atoms with Crippen LogP contribution in [-0.2, 0) is 4.74 Å². The van der Waals surface area contributed by atoms with E-state index in [1.54, 1.807) is 0 Å². The van der Waals surface area contributed by atoms with Crippen molar-refractivity contribution in [1.29, 1.82) is 0 Å². The first-order valence-electron chi connectivity index (χ1n) is 16.5. The third-order valence-electron chi connectivity index (χ3n) is 8.37. The molecule has 0 bridgehead atoms. The highest BCUT2D eigenvalue weighted by atomic mass is 16.5. The molecular weight excluding hydrogens is 426 g/mol. The molecule has 35 heavy (non-hydrogen) atoms. The largest absolute Gasteiger partial charge is 0.381 e. The molecule has 0 amide bonds. The van der Waals surface area contributed by atoms with E-state index >= 15 is 0 Å². The maximum atomic E-state index is 6.35. The first kappa shape index (κ1) is 32.9. The molecule has 0 aromatic rings. The smallest absolute Gasteiger partial charge is 0.0518 e. The summed E-state index contributed by atoms with van der Waals surface area (Å²) >= 11 is 0. The number of ether oxygens (including phenoxy) is 1. The lowest BCUT2D eigenvalue weighted by atomic mass is 9.91. The van der Waals surface area contributed by atoms with Crippen molar-refractivity contribution in [2.24, 2.45) is 17.8 Å². The number of likely N-dealkylation sites (tertiary alicyclic amines) is 1. The van der Waals surface area contributed by atoms with Crippen LogP contribution in [0.5, 0.6) is 0 Å². The first-order valence-corrected chi connectivity index (χ1v) is 16.5. The molecule has 2 nitrogen and oxygen atoms in total. The van der Waals surface area contributed by atoms with E-state index in [-0.39, 0.29) is 0 Å². The van der Waals surface area contributed by atoms with Crippen molar-refractivity contribution < 1.29 is 4.74 Å². The average Bonchev–Trinajstić information content (AvgIpc) is 2.84. The van der Waals surface area contributed by atoms with Crippen molar-refractivity contribution in [3.8, 4) is 0 Å². The van der Waals surface area contributed by atoms with Gasteiger partial charge in [0.05, 0.1) is 6.61 Å². The fraction of sp³-hybridized carbons (Fsp3) is 1.00. The Labute approximate surface area is 222 Å². The topological polar surface area (TPSA) is 12.5 Å². The molecule has 210 valence electrons. The van der Waals surface area contributed by atoms with Gasteiger partial charge >= 0.3 is 0 Å². The van der Waals surface area contributed by atoms with Gasteiger partial charge in [0.25, 0.3) is 0 Å². The second-order valence-electron chi connectivity index (χ2n) is 12.1. The van der Waals surface area contributed by atoms with Crippen LogP contribution in [0.4, 0.5) is 0 Å². The van der Waals surface area contributed by atoms with Crippen LogP contribution in [0.25, 0.3) is 0 Å². The predicted molar refractivity (Wildman–Crippen MR) is 157 cm³/mol. The fourth-order valence-corrected chi connectivity index (χ4v) is 5.95. The standard InChI is InChI=1S/C33H67NO/c1-5-9-13-17-21-25-32(24-20-16-12-8-4)29-35-30-33-27-34(28-33)26-31(22-18-14-10-6-2)23-19-15-11-7-3/h31-33H,5-30H2,1-4H3. The molecule has 1 aliphatic heterocycles. The van der Waals surface area contributed by atoms with E-state index in [2.05, 4.69) is 32.6 Å². The molecule has 1 aliphatic rings. The minimum Gasteiger partial charge on any atom is -0.381 e. The molecule has 0 N–H and O–H groups in total. The normalized spacial score (nSPS) is 15.7. The zero-order valence-corrected chi connectivity index (χ0v) is 25.0. The van der Waals surface area contributed by atoms with E-state index in [0.717, 1.165) is 31.0 Å². The summed E-state index contributed by atoms with van der Waals surface area (Å²) in [5, 5.41) is 0. The molecule has 0 saturated carbocycles. The highest BCUT2D eigenvalue weighted by Crippen LogP contribution is 2.25. The monoisotopic (exact) mass is 494 g/mol. The molecule has 1 heterocycles. The van der Waals surface area contributed by atoms with Crippen molar-refractivity contribution in [2.45, 2.75) is 163 Å². The Kier molecular flexibility index (Phi) is 22.8. The highest BCUT2D eigenvalue weighted by Gasteiger charge is 2.28. The molecule has 1 saturated heterocycles. The van der Waals surface area contributed by atoms with Gasteiger partial charge in [-0.15, -0.1) is 0 Å². The Balaban J connectivity index is 2.25. The minimum atomic E-state index is 0.793. The van der Waals surface area contributed by atoms with Gasteiger partial charge in [-0.1, -0.05) is 137 Å². The number of hydrogen-bond donors (Lipinski definition) is 0. The maximum absolute atomic E-state index is 6.35. The summed E-state index contributed by atoms with van der Waals surface area (Å²) in [6.45, 7) is 15.2. The van der Waals surface area contributed by atoms with Gasteiger partial charge in [0.15, 0.2) is 0 Å². The van der Waals surface area contributed by atoms with Gasteiger partial charge in [0, 0.05) is 32.2 Å².